The second-order valence-electron chi connectivity index (χ2n) is 5.42. The van der Waals surface area contributed by atoms with Crippen molar-refractivity contribution < 1.29 is 17.9 Å². The predicted octanol–water partition coefficient (Wildman–Crippen LogP) is 2.03. The summed E-state index contributed by atoms with van der Waals surface area (Å²) in [4.78, 5) is 17.9. The lowest BCUT2D eigenvalue weighted by Crippen LogP contribution is -2.28. The van der Waals surface area contributed by atoms with Gasteiger partial charge in [-0.1, -0.05) is 6.07 Å². The Morgan fingerprint density at radius 3 is 2.71 bits per heavy atom. The Labute approximate surface area is 142 Å². The molecule has 0 saturated carbocycles. The molecule has 0 unspecified atom stereocenters. The summed E-state index contributed by atoms with van der Waals surface area (Å²) in [7, 11) is -1.53. The van der Waals surface area contributed by atoms with Crippen LogP contribution in [0.3, 0.4) is 0 Å². The molecule has 2 aromatic rings. The minimum atomic E-state index is -3.25. The minimum Gasteiger partial charge on any atom is -0.493 e. The van der Waals surface area contributed by atoms with Gasteiger partial charge in [-0.3, -0.25) is 9.78 Å². The number of aromatic nitrogens is 1. The number of nitrogens with zero attached hydrogens (tertiary/aromatic N) is 2. The van der Waals surface area contributed by atoms with Crippen LogP contribution in [-0.2, 0) is 9.84 Å². The second-order valence-corrected chi connectivity index (χ2v) is 7.43. The maximum Gasteiger partial charge on any atom is 0.255 e. The van der Waals surface area contributed by atoms with E-state index in [1.54, 1.807) is 42.4 Å². The van der Waals surface area contributed by atoms with Crippen molar-refractivity contribution in [2.75, 3.05) is 26.5 Å². The Bertz CT molecular complexity index is 791. The van der Waals surface area contributed by atoms with Crippen LogP contribution in [0.4, 0.5) is 0 Å². The zero-order chi connectivity index (χ0) is 17.6. The number of hydrogen-bond acceptors (Lipinski definition) is 5. The van der Waals surface area contributed by atoms with Gasteiger partial charge in [0.15, 0.2) is 9.84 Å². The molecule has 0 saturated heterocycles. The van der Waals surface area contributed by atoms with E-state index in [1.807, 2.05) is 0 Å². The molecule has 0 bridgehead atoms. The molecule has 0 spiro atoms. The molecule has 0 fully saturated rings. The van der Waals surface area contributed by atoms with E-state index in [-0.39, 0.29) is 10.8 Å². The first-order chi connectivity index (χ1) is 11.4. The molecule has 0 atom stereocenters. The monoisotopic (exact) mass is 348 g/mol. The van der Waals surface area contributed by atoms with Crippen molar-refractivity contribution in [3.05, 3.63) is 54.4 Å². The lowest BCUT2D eigenvalue weighted by Gasteiger charge is -2.17. The predicted molar refractivity (Wildman–Crippen MR) is 90.9 cm³/mol. The molecular weight excluding hydrogens is 328 g/mol. The standard InChI is InChI=1S/C17H20N2O4S/c1-19(17(20)14-6-4-9-18-13-14)10-5-11-23-15-7-3-8-16(12-15)24(2,21)22/h3-4,6-9,12-13H,5,10-11H2,1-2H3. The van der Waals surface area contributed by atoms with Crippen LogP contribution in [0, 0.1) is 0 Å². The minimum absolute atomic E-state index is 0.0952. The summed E-state index contributed by atoms with van der Waals surface area (Å²) in [6, 6.07) is 9.82. The highest BCUT2D eigenvalue weighted by Gasteiger charge is 2.11. The number of benzene rings is 1. The van der Waals surface area contributed by atoms with Crippen molar-refractivity contribution in [1.82, 2.24) is 9.88 Å². The molecule has 1 amide bonds. The van der Waals surface area contributed by atoms with Crippen LogP contribution < -0.4 is 4.74 Å². The van der Waals surface area contributed by atoms with Crippen LogP contribution in [0.15, 0.2) is 53.7 Å². The Morgan fingerprint density at radius 1 is 1.25 bits per heavy atom. The summed E-state index contributed by atoms with van der Waals surface area (Å²) in [5, 5.41) is 0. The van der Waals surface area contributed by atoms with E-state index in [4.69, 9.17) is 4.74 Å². The fourth-order valence-corrected chi connectivity index (χ4v) is 2.75. The van der Waals surface area contributed by atoms with Gasteiger partial charge in [0.25, 0.3) is 5.91 Å². The molecule has 7 heteroatoms. The lowest BCUT2D eigenvalue weighted by atomic mass is 10.2. The average Bonchev–Trinajstić information content (AvgIpc) is 2.58. The van der Waals surface area contributed by atoms with Crippen LogP contribution in [0.1, 0.15) is 16.8 Å². The molecule has 2 rings (SSSR count). The molecule has 0 aliphatic rings. The number of pyridine rings is 1. The van der Waals surface area contributed by atoms with Gasteiger partial charge in [0.05, 0.1) is 17.1 Å². The van der Waals surface area contributed by atoms with Crippen LogP contribution in [0.5, 0.6) is 5.75 Å². The highest BCUT2D eigenvalue weighted by atomic mass is 32.2. The van der Waals surface area contributed by atoms with E-state index < -0.39 is 9.84 Å². The van der Waals surface area contributed by atoms with Crippen molar-refractivity contribution in [1.29, 1.82) is 0 Å². The van der Waals surface area contributed by atoms with Gasteiger partial charge in [0.1, 0.15) is 5.75 Å². The molecule has 0 radical (unpaired) electrons. The van der Waals surface area contributed by atoms with Gasteiger partial charge < -0.3 is 9.64 Å². The normalized spacial score (nSPS) is 11.1. The zero-order valence-corrected chi connectivity index (χ0v) is 14.5. The third-order valence-electron chi connectivity index (χ3n) is 3.40. The number of sulfone groups is 1. The number of ether oxygens (including phenoxy) is 1. The molecule has 1 aromatic heterocycles. The second kappa shape index (κ2) is 7.92. The highest BCUT2D eigenvalue weighted by Crippen LogP contribution is 2.17. The molecule has 0 aliphatic heterocycles. The van der Waals surface area contributed by atoms with Crippen molar-refractivity contribution in [3.8, 4) is 5.75 Å². The first-order valence-electron chi connectivity index (χ1n) is 7.46. The molecule has 0 N–H and O–H groups in total. The zero-order valence-electron chi connectivity index (χ0n) is 13.7. The van der Waals surface area contributed by atoms with E-state index in [0.29, 0.717) is 30.9 Å². The number of hydrogen-bond donors (Lipinski definition) is 0. The Balaban J connectivity index is 1.82. The van der Waals surface area contributed by atoms with E-state index in [1.165, 1.54) is 18.3 Å². The summed E-state index contributed by atoms with van der Waals surface area (Å²) >= 11 is 0. The van der Waals surface area contributed by atoms with Crippen molar-refractivity contribution >= 4 is 15.7 Å². The molecular formula is C17H20N2O4S. The summed E-state index contributed by atoms with van der Waals surface area (Å²) in [6.45, 7) is 0.914. The summed E-state index contributed by atoms with van der Waals surface area (Å²) in [5.41, 5.74) is 0.543. The van der Waals surface area contributed by atoms with E-state index in [2.05, 4.69) is 4.98 Å². The van der Waals surface area contributed by atoms with Crippen LogP contribution in [-0.4, -0.2) is 50.7 Å². The van der Waals surface area contributed by atoms with Crippen LogP contribution >= 0.6 is 0 Å². The third-order valence-corrected chi connectivity index (χ3v) is 4.51. The summed E-state index contributed by atoms with van der Waals surface area (Å²) in [6.07, 6.45) is 4.94. The molecule has 24 heavy (non-hydrogen) atoms. The number of amides is 1. The van der Waals surface area contributed by atoms with E-state index >= 15 is 0 Å². The molecule has 1 aromatic carbocycles. The van der Waals surface area contributed by atoms with Crippen LogP contribution in [0.25, 0.3) is 0 Å². The first-order valence-corrected chi connectivity index (χ1v) is 9.35. The first kappa shape index (κ1) is 17.9. The Hall–Kier alpha value is -2.41. The fraction of sp³-hybridized carbons (Fsp3) is 0.294. The molecule has 1 heterocycles. The highest BCUT2D eigenvalue weighted by molar-refractivity contribution is 7.90. The maximum absolute atomic E-state index is 12.1. The Kier molecular flexibility index (Phi) is 5.92. The average molecular weight is 348 g/mol. The topological polar surface area (TPSA) is 76.6 Å². The largest absolute Gasteiger partial charge is 0.493 e. The van der Waals surface area contributed by atoms with E-state index in [0.717, 1.165) is 6.26 Å². The van der Waals surface area contributed by atoms with Gasteiger partial charge in [-0.25, -0.2) is 8.42 Å². The molecule has 0 aliphatic carbocycles. The van der Waals surface area contributed by atoms with Gasteiger partial charge >= 0.3 is 0 Å². The molecule has 128 valence electrons. The third kappa shape index (κ3) is 5.06. The SMILES string of the molecule is CN(CCCOc1cccc(S(C)(=O)=O)c1)C(=O)c1cccnc1. The molecule has 6 nitrogen and oxygen atoms in total. The summed E-state index contributed by atoms with van der Waals surface area (Å²) < 4.78 is 28.6. The van der Waals surface area contributed by atoms with Gasteiger partial charge in [0.2, 0.25) is 0 Å². The van der Waals surface area contributed by atoms with Crippen LogP contribution in [0.2, 0.25) is 0 Å². The smallest absolute Gasteiger partial charge is 0.255 e. The lowest BCUT2D eigenvalue weighted by molar-refractivity contribution is 0.0787. The van der Waals surface area contributed by atoms with Crippen molar-refractivity contribution in [2.45, 2.75) is 11.3 Å². The quantitative estimate of drug-likeness (QED) is 0.716. The fourth-order valence-electron chi connectivity index (χ4n) is 2.10. The Morgan fingerprint density at radius 2 is 2.04 bits per heavy atom. The number of rotatable bonds is 7. The van der Waals surface area contributed by atoms with E-state index in [9.17, 15) is 13.2 Å². The van der Waals surface area contributed by atoms with Crippen molar-refractivity contribution in [3.63, 3.8) is 0 Å². The number of carbonyl (C=O) groups is 1. The summed E-state index contributed by atoms with van der Waals surface area (Å²) in [5.74, 6) is 0.404. The maximum atomic E-state index is 12.1. The van der Waals surface area contributed by atoms with Gasteiger partial charge in [-0.05, 0) is 36.8 Å². The van der Waals surface area contributed by atoms with Crippen molar-refractivity contribution in [2.24, 2.45) is 0 Å². The van der Waals surface area contributed by atoms with Gasteiger partial charge in [-0.2, -0.15) is 0 Å². The van der Waals surface area contributed by atoms with Gasteiger partial charge in [0, 0.05) is 32.2 Å². The van der Waals surface area contributed by atoms with Gasteiger partial charge in [-0.15, -0.1) is 0 Å². The number of carbonyl (C=O) groups excluding carboxylic acids is 1.